The minimum atomic E-state index is -0.791. The van der Waals surface area contributed by atoms with E-state index in [9.17, 15) is 10.2 Å². The van der Waals surface area contributed by atoms with Crippen molar-refractivity contribution in [3.63, 3.8) is 0 Å². The molecular formula is C10H11ClN4O2. The van der Waals surface area contributed by atoms with Gasteiger partial charge in [0, 0.05) is 0 Å². The Kier molecular flexibility index (Phi) is 2.50. The minimum Gasteiger partial charge on any atom is -0.390 e. The smallest absolute Gasteiger partial charge is 0.165 e. The minimum absolute atomic E-state index is 0.207. The lowest BCUT2D eigenvalue weighted by molar-refractivity contribution is 0.0241. The van der Waals surface area contributed by atoms with Gasteiger partial charge in [0.05, 0.1) is 18.5 Å². The van der Waals surface area contributed by atoms with E-state index in [1.54, 1.807) is 10.9 Å². The molecule has 2 aromatic heterocycles. The van der Waals surface area contributed by atoms with Crippen LogP contribution in [0.4, 0.5) is 0 Å². The molecule has 2 aromatic rings. The second kappa shape index (κ2) is 3.90. The van der Waals surface area contributed by atoms with Gasteiger partial charge < -0.3 is 14.8 Å². The summed E-state index contributed by atoms with van der Waals surface area (Å²) in [5.41, 5.74) is 1.10. The van der Waals surface area contributed by atoms with E-state index < -0.39 is 12.2 Å². The molecule has 7 heteroatoms. The average Bonchev–Trinajstić information content (AvgIpc) is 2.86. The molecule has 0 bridgehead atoms. The van der Waals surface area contributed by atoms with E-state index in [4.69, 9.17) is 11.6 Å². The molecule has 0 radical (unpaired) electrons. The van der Waals surface area contributed by atoms with Crippen LogP contribution in [-0.2, 0) is 0 Å². The Balaban J connectivity index is 2.10. The van der Waals surface area contributed by atoms with E-state index in [-0.39, 0.29) is 6.04 Å². The maximum Gasteiger partial charge on any atom is 0.165 e. The maximum atomic E-state index is 9.88. The van der Waals surface area contributed by atoms with Gasteiger partial charge >= 0.3 is 0 Å². The number of hydrogen-bond acceptors (Lipinski definition) is 5. The standard InChI is InChI=1S/C10H11ClN4O2/c11-9-7-10(13-3-12-9)15(4-14-7)5-1-2-6(16)8(5)17/h3-6,8,16-17H,1-2H2. The molecule has 90 valence electrons. The lowest BCUT2D eigenvalue weighted by atomic mass is 10.2. The summed E-state index contributed by atoms with van der Waals surface area (Å²) in [6.07, 6.45) is 2.73. The number of hydrogen-bond donors (Lipinski definition) is 2. The largest absolute Gasteiger partial charge is 0.390 e. The summed E-state index contributed by atoms with van der Waals surface area (Å²) < 4.78 is 1.75. The van der Waals surface area contributed by atoms with Crippen molar-refractivity contribution in [2.24, 2.45) is 0 Å². The van der Waals surface area contributed by atoms with Crippen LogP contribution in [0.1, 0.15) is 18.9 Å². The van der Waals surface area contributed by atoms with E-state index >= 15 is 0 Å². The Hall–Kier alpha value is -1.24. The predicted molar refractivity (Wildman–Crippen MR) is 60.6 cm³/mol. The highest BCUT2D eigenvalue weighted by molar-refractivity contribution is 6.33. The van der Waals surface area contributed by atoms with Gasteiger partial charge in [0.25, 0.3) is 0 Å². The van der Waals surface area contributed by atoms with Gasteiger partial charge in [-0.05, 0) is 12.8 Å². The highest BCUT2D eigenvalue weighted by Gasteiger charge is 2.35. The van der Waals surface area contributed by atoms with Gasteiger partial charge in [0.2, 0.25) is 0 Å². The number of imidazole rings is 1. The van der Waals surface area contributed by atoms with E-state index in [0.717, 1.165) is 0 Å². The molecule has 3 unspecified atom stereocenters. The number of nitrogens with zero attached hydrogens (tertiary/aromatic N) is 4. The third-order valence-corrected chi connectivity index (χ3v) is 3.49. The Morgan fingerprint density at radius 2 is 2.06 bits per heavy atom. The summed E-state index contributed by atoms with van der Waals surface area (Å²) in [5, 5.41) is 19.7. The van der Waals surface area contributed by atoms with Gasteiger partial charge in [0.1, 0.15) is 17.9 Å². The van der Waals surface area contributed by atoms with Gasteiger partial charge in [-0.1, -0.05) is 11.6 Å². The highest BCUT2D eigenvalue weighted by atomic mass is 35.5. The molecule has 0 saturated heterocycles. The summed E-state index contributed by atoms with van der Waals surface area (Å²) in [6.45, 7) is 0. The zero-order valence-electron chi connectivity index (χ0n) is 8.86. The van der Waals surface area contributed by atoms with Crippen LogP contribution in [-0.4, -0.2) is 41.9 Å². The third-order valence-electron chi connectivity index (χ3n) is 3.22. The zero-order chi connectivity index (χ0) is 12.0. The van der Waals surface area contributed by atoms with Gasteiger partial charge in [-0.25, -0.2) is 15.0 Å². The van der Waals surface area contributed by atoms with Crippen molar-refractivity contribution in [2.75, 3.05) is 0 Å². The number of aliphatic hydroxyl groups is 2. The molecule has 1 aliphatic carbocycles. The van der Waals surface area contributed by atoms with E-state index in [2.05, 4.69) is 15.0 Å². The summed E-state index contributed by atoms with van der Waals surface area (Å²) in [6, 6.07) is -0.207. The van der Waals surface area contributed by atoms with Crippen LogP contribution in [0.2, 0.25) is 5.15 Å². The zero-order valence-corrected chi connectivity index (χ0v) is 9.62. The van der Waals surface area contributed by atoms with Crippen LogP contribution in [0.3, 0.4) is 0 Å². The Morgan fingerprint density at radius 3 is 2.76 bits per heavy atom. The summed E-state index contributed by atoms with van der Waals surface area (Å²) in [4.78, 5) is 12.1. The predicted octanol–water partition coefficient (Wildman–Crippen LogP) is 0.536. The molecule has 2 heterocycles. The molecule has 3 atom stereocenters. The van der Waals surface area contributed by atoms with Crippen molar-refractivity contribution in [3.05, 3.63) is 17.8 Å². The Morgan fingerprint density at radius 1 is 1.24 bits per heavy atom. The summed E-state index contributed by atoms with van der Waals surface area (Å²) in [5.74, 6) is 0. The van der Waals surface area contributed by atoms with E-state index in [1.807, 2.05) is 0 Å². The molecule has 17 heavy (non-hydrogen) atoms. The molecule has 1 saturated carbocycles. The first-order chi connectivity index (χ1) is 8.18. The number of rotatable bonds is 1. The number of aliphatic hydroxyl groups excluding tert-OH is 2. The SMILES string of the molecule is OC1CCC(n2cnc3c(Cl)ncnc32)C1O. The van der Waals surface area contributed by atoms with Crippen LogP contribution in [0, 0.1) is 0 Å². The average molecular weight is 255 g/mol. The number of halogens is 1. The van der Waals surface area contributed by atoms with Crippen LogP contribution in [0.25, 0.3) is 11.2 Å². The molecule has 1 aliphatic rings. The molecule has 2 N–H and O–H groups in total. The summed E-state index contributed by atoms with van der Waals surface area (Å²) >= 11 is 5.90. The van der Waals surface area contributed by atoms with Crippen molar-refractivity contribution in [3.8, 4) is 0 Å². The van der Waals surface area contributed by atoms with Crippen LogP contribution < -0.4 is 0 Å². The first-order valence-electron chi connectivity index (χ1n) is 5.37. The molecule has 0 amide bonds. The fourth-order valence-electron chi connectivity index (χ4n) is 2.31. The topological polar surface area (TPSA) is 84.1 Å². The lowest BCUT2D eigenvalue weighted by Crippen LogP contribution is -2.26. The van der Waals surface area contributed by atoms with Gasteiger partial charge in [-0.3, -0.25) is 0 Å². The molecule has 1 fully saturated rings. The van der Waals surface area contributed by atoms with Crippen molar-refractivity contribution in [2.45, 2.75) is 31.1 Å². The second-order valence-electron chi connectivity index (χ2n) is 4.19. The molecule has 0 spiro atoms. The van der Waals surface area contributed by atoms with E-state index in [1.165, 1.54) is 6.33 Å². The van der Waals surface area contributed by atoms with Gasteiger partial charge in [-0.2, -0.15) is 0 Å². The normalized spacial score (nSPS) is 29.0. The molecule has 0 aromatic carbocycles. The first-order valence-corrected chi connectivity index (χ1v) is 5.75. The van der Waals surface area contributed by atoms with Crippen LogP contribution in [0.15, 0.2) is 12.7 Å². The molecular weight excluding hydrogens is 244 g/mol. The fourth-order valence-corrected chi connectivity index (χ4v) is 2.49. The highest BCUT2D eigenvalue weighted by Crippen LogP contribution is 2.32. The van der Waals surface area contributed by atoms with Gasteiger partial charge in [-0.15, -0.1) is 0 Å². The third kappa shape index (κ3) is 1.60. The fraction of sp³-hybridized carbons (Fsp3) is 0.500. The lowest BCUT2D eigenvalue weighted by Gasteiger charge is -2.17. The van der Waals surface area contributed by atoms with Crippen LogP contribution >= 0.6 is 11.6 Å². The monoisotopic (exact) mass is 254 g/mol. The van der Waals surface area contributed by atoms with Gasteiger partial charge in [0.15, 0.2) is 10.8 Å². The van der Waals surface area contributed by atoms with Crippen molar-refractivity contribution >= 4 is 22.8 Å². The summed E-state index contributed by atoms with van der Waals surface area (Å²) in [7, 11) is 0. The first kappa shape index (κ1) is 10.9. The van der Waals surface area contributed by atoms with Crippen molar-refractivity contribution in [1.82, 2.24) is 19.5 Å². The van der Waals surface area contributed by atoms with E-state index in [0.29, 0.717) is 29.2 Å². The van der Waals surface area contributed by atoms with Crippen molar-refractivity contribution in [1.29, 1.82) is 0 Å². The molecule has 6 nitrogen and oxygen atoms in total. The Bertz CT molecular complexity index is 558. The second-order valence-corrected chi connectivity index (χ2v) is 4.55. The van der Waals surface area contributed by atoms with Crippen molar-refractivity contribution < 1.29 is 10.2 Å². The molecule has 3 rings (SSSR count). The number of aromatic nitrogens is 4. The quantitative estimate of drug-likeness (QED) is 0.726. The number of fused-ring (bicyclic) bond motifs is 1. The van der Waals surface area contributed by atoms with Crippen LogP contribution in [0.5, 0.6) is 0 Å². The maximum absolute atomic E-state index is 9.88. The Labute approximate surface area is 102 Å². The molecule has 0 aliphatic heterocycles.